The molecular formula is C44H61O6P. The molecule has 51 heavy (non-hydrogen) atoms. The zero-order valence-electron chi connectivity index (χ0n) is 32.0. The lowest BCUT2D eigenvalue weighted by atomic mass is 9.86. The van der Waals surface area contributed by atoms with E-state index < -0.39 is 19.7 Å². The number of aldehydes is 1. The number of rotatable bonds is 22. The fourth-order valence-corrected chi connectivity index (χ4v) is 6.76. The van der Waals surface area contributed by atoms with Crippen LogP contribution in [0.25, 0.3) is 0 Å². The normalized spacial score (nSPS) is 13.5. The fraction of sp³-hybridized carbons (Fsp3) is 0.455. The second-order valence-electron chi connectivity index (χ2n) is 14.8. The van der Waals surface area contributed by atoms with Crippen molar-refractivity contribution in [1.29, 1.82) is 0 Å². The first-order valence-electron chi connectivity index (χ1n) is 18.4. The zero-order chi connectivity index (χ0) is 37.6. The van der Waals surface area contributed by atoms with Crippen LogP contribution in [0.5, 0.6) is 11.5 Å². The Bertz CT molecular complexity index is 1470. The van der Waals surface area contributed by atoms with Crippen LogP contribution in [0.4, 0.5) is 0 Å². The molecule has 0 fully saturated rings. The number of carbonyl (C=O) groups excluding carboxylic acids is 2. The topological polar surface area (TPSA) is 78.9 Å². The smallest absolute Gasteiger partial charge is 0.441 e. The number of unbranched alkanes of at least 4 members (excludes halogenated alkanes) is 5. The molecule has 278 valence electrons. The zero-order valence-corrected chi connectivity index (χ0v) is 32.9. The predicted molar refractivity (Wildman–Crippen MR) is 213 cm³/mol. The van der Waals surface area contributed by atoms with Gasteiger partial charge in [0.05, 0.1) is 6.10 Å². The van der Waals surface area contributed by atoms with Crippen LogP contribution in [0.2, 0.25) is 0 Å². The first-order valence-corrected chi connectivity index (χ1v) is 20.1. The van der Waals surface area contributed by atoms with Crippen molar-refractivity contribution in [2.24, 2.45) is 0 Å². The van der Waals surface area contributed by atoms with Crippen LogP contribution in [-0.4, -0.2) is 24.5 Å². The van der Waals surface area contributed by atoms with Crippen LogP contribution in [0.3, 0.4) is 0 Å². The van der Waals surface area contributed by atoms with Gasteiger partial charge in [0.2, 0.25) is 0 Å². The Morgan fingerprint density at radius 1 is 0.647 bits per heavy atom. The van der Waals surface area contributed by atoms with Crippen molar-refractivity contribution < 1.29 is 27.9 Å². The van der Waals surface area contributed by atoms with Crippen molar-refractivity contribution in [1.82, 2.24) is 0 Å². The summed E-state index contributed by atoms with van der Waals surface area (Å²) >= 11 is 0. The van der Waals surface area contributed by atoms with Crippen molar-refractivity contribution in [2.45, 2.75) is 123 Å². The third-order valence-corrected chi connectivity index (χ3v) is 9.57. The van der Waals surface area contributed by atoms with Crippen LogP contribution in [0.15, 0.2) is 109 Å². The minimum Gasteiger partial charge on any atom is -0.462 e. The van der Waals surface area contributed by atoms with Crippen LogP contribution in [0.1, 0.15) is 117 Å². The van der Waals surface area contributed by atoms with Gasteiger partial charge in [-0.05, 0) is 93.7 Å². The molecule has 1 unspecified atom stereocenters. The second-order valence-corrected chi connectivity index (χ2v) is 16.7. The average molecular weight is 717 g/mol. The van der Waals surface area contributed by atoms with Crippen LogP contribution >= 0.6 is 7.60 Å². The summed E-state index contributed by atoms with van der Waals surface area (Å²) in [6.45, 7) is 14.2. The third kappa shape index (κ3) is 18.3. The minimum absolute atomic E-state index is 0.279. The summed E-state index contributed by atoms with van der Waals surface area (Å²) in [5.41, 5.74) is 1.18. The van der Waals surface area contributed by atoms with E-state index in [-0.39, 0.29) is 16.9 Å². The molecule has 0 radical (unpaired) electrons. The fourth-order valence-electron chi connectivity index (χ4n) is 5.28. The number of esters is 1. The van der Waals surface area contributed by atoms with Gasteiger partial charge in [-0.15, -0.1) is 0 Å². The lowest BCUT2D eigenvalue weighted by Gasteiger charge is -2.28. The van der Waals surface area contributed by atoms with Gasteiger partial charge in [0.15, 0.2) is 6.16 Å². The molecule has 0 saturated heterocycles. The van der Waals surface area contributed by atoms with E-state index in [4.69, 9.17) is 13.8 Å². The summed E-state index contributed by atoms with van der Waals surface area (Å²) in [6.07, 6.45) is 29.0. The van der Waals surface area contributed by atoms with E-state index >= 15 is 0 Å². The van der Waals surface area contributed by atoms with Crippen molar-refractivity contribution in [3.05, 3.63) is 120 Å². The average Bonchev–Trinajstić information content (AvgIpc) is 3.05. The standard InChI is InChI=1S/C44H61O6P/c1-37(30-24-22-20-18-16-14-12-10-8-9-11-13-15-17-19-21-23-29-35-45)48-42(46)36-51(47,49-40-33-27-25-31-38(40)43(2,3)4)50-41-34-28-26-32-39(41)44(5,6)7/h11,13-18,20,23,25-29,31-35,37H,8-10,12,19,21-22,24,30,36H2,1-7H3/b13-11-,16-14+,17-15+,20-18+,29-23+. The maximum Gasteiger partial charge on any atom is 0.441 e. The molecule has 0 aliphatic heterocycles. The number of benzene rings is 2. The summed E-state index contributed by atoms with van der Waals surface area (Å²) in [5.74, 6) is 0.244. The van der Waals surface area contributed by atoms with Crippen LogP contribution in [0, 0.1) is 0 Å². The summed E-state index contributed by atoms with van der Waals surface area (Å²) in [7, 11) is -4.04. The SMILES string of the molecule is CC(CCC/C=C/C=C/CCCC/C=C\C=C\CC/C=C/C=O)OC(=O)CP(=O)(Oc1ccccc1C(C)(C)C)Oc1ccccc1C(C)(C)C. The highest BCUT2D eigenvalue weighted by Gasteiger charge is 2.36. The van der Waals surface area contributed by atoms with Gasteiger partial charge < -0.3 is 13.8 Å². The molecule has 2 aromatic carbocycles. The number of para-hydroxylation sites is 2. The maximum absolute atomic E-state index is 14.5. The molecule has 0 aliphatic rings. The Kier molecular flexibility index (Phi) is 19.4. The largest absolute Gasteiger partial charge is 0.462 e. The molecule has 2 rings (SSSR count). The van der Waals surface area contributed by atoms with E-state index in [0.717, 1.165) is 68.8 Å². The van der Waals surface area contributed by atoms with E-state index in [2.05, 4.69) is 90.2 Å². The molecule has 0 bridgehead atoms. The first-order chi connectivity index (χ1) is 24.2. The second kappa shape index (κ2) is 22.8. The Balaban J connectivity index is 1.85. The highest BCUT2D eigenvalue weighted by molar-refractivity contribution is 7.55. The van der Waals surface area contributed by atoms with Crippen molar-refractivity contribution in [2.75, 3.05) is 6.16 Å². The van der Waals surface area contributed by atoms with Gasteiger partial charge in [0, 0.05) is 11.1 Å². The monoisotopic (exact) mass is 716 g/mol. The van der Waals surface area contributed by atoms with E-state index in [9.17, 15) is 14.2 Å². The Hall–Kier alpha value is -3.89. The number of ether oxygens (including phenoxy) is 1. The van der Waals surface area contributed by atoms with Gasteiger partial charge in [-0.25, -0.2) is 4.57 Å². The Morgan fingerprint density at radius 3 is 1.51 bits per heavy atom. The first kappa shape index (κ1) is 43.3. The lowest BCUT2D eigenvalue weighted by molar-refractivity contribution is -0.145. The van der Waals surface area contributed by atoms with Crippen molar-refractivity contribution in [3.63, 3.8) is 0 Å². The van der Waals surface area contributed by atoms with Gasteiger partial charge in [0.1, 0.15) is 17.8 Å². The molecule has 0 heterocycles. The molecule has 2 aromatic rings. The number of allylic oxidation sites excluding steroid dienone is 10. The molecular weight excluding hydrogens is 655 g/mol. The van der Waals surface area contributed by atoms with Crippen molar-refractivity contribution in [3.8, 4) is 11.5 Å². The maximum atomic E-state index is 14.5. The lowest BCUT2D eigenvalue weighted by Crippen LogP contribution is -2.22. The summed E-state index contributed by atoms with van der Waals surface area (Å²) in [4.78, 5) is 23.4. The molecule has 0 spiro atoms. The molecule has 6 nitrogen and oxygen atoms in total. The van der Waals surface area contributed by atoms with Gasteiger partial charge in [-0.3, -0.25) is 9.59 Å². The number of hydrogen-bond acceptors (Lipinski definition) is 6. The van der Waals surface area contributed by atoms with E-state index in [1.54, 1.807) is 12.1 Å². The van der Waals surface area contributed by atoms with Crippen LogP contribution < -0.4 is 9.05 Å². The van der Waals surface area contributed by atoms with E-state index in [0.29, 0.717) is 17.9 Å². The number of carbonyl (C=O) groups is 2. The molecule has 0 saturated carbocycles. The Labute approximate surface area is 308 Å². The van der Waals surface area contributed by atoms with E-state index in [1.807, 2.05) is 49.4 Å². The predicted octanol–water partition coefficient (Wildman–Crippen LogP) is 12.4. The summed E-state index contributed by atoms with van der Waals surface area (Å²) < 4.78 is 32.6. The molecule has 0 aromatic heterocycles. The molecule has 7 heteroatoms. The number of hydrogen-bond donors (Lipinski definition) is 0. The van der Waals surface area contributed by atoms with Gasteiger partial charge >= 0.3 is 13.6 Å². The van der Waals surface area contributed by atoms with Gasteiger partial charge in [0.25, 0.3) is 0 Å². The molecule has 0 amide bonds. The third-order valence-electron chi connectivity index (χ3n) is 7.97. The highest BCUT2D eigenvalue weighted by atomic mass is 31.2. The van der Waals surface area contributed by atoms with E-state index in [1.165, 1.54) is 6.08 Å². The Morgan fingerprint density at radius 2 is 1.06 bits per heavy atom. The van der Waals surface area contributed by atoms with Crippen LogP contribution in [-0.2, 0) is 29.7 Å². The quantitative estimate of drug-likeness (QED) is 0.0301. The molecule has 0 aliphatic carbocycles. The minimum atomic E-state index is -4.04. The van der Waals surface area contributed by atoms with Gasteiger partial charge in [-0.1, -0.05) is 133 Å². The van der Waals surface area contributed by atoms with Crippen molar-refractivity contribution >= 4 is 19.9 Å². The highest BCUT2D eigenvalue weighted by Crippen LogP contribution is 2.52. The molecule has 0 N–H and O–H groups in total. The summed E-state index contributed by atoms with van der Waals surface area (Å²) in [6, 6.07) is 14.9. The van der Waals surface area contributed by atoms with Gasteiger partial charge in [-0.2, -0.15) is 0 Å². The molecule has 1 atom stereocenters. The summed E-state index contributed by atoms with van der Waals surface area (Å²) in [5, 5.41) is 0.